The maximum Gasteiger partial charge on any atom is 0.394 e. The van der Waals surface area contributed by atoms with E-state index in [-0.39, 0.29) is 18.4 Å². The number of nitrogens with two attached hydrogens (primary N) is 1. The lowest BCUT2D eigenvalue weighted by Gasteiger charge is -2.26. The van der Waals surface area contributed by atoms with Crippen molar-refractivity contribution in [2.24, 2.45) is 11.7 Å². The molecule has 0 aromatic heterocycles. The molecule has 0 spiro atoms. The van der Waals surface area contributed by atoms with E-state index in [2.05, 4.69) is 5.32 Å². The quantitative estimate of drug-likeness (QED) is 0.594. The van der Waals surface area contributed by atoms with Crippen LogP contribution >= 0.6 is 12.4 Å². The largest absolute Gasteiger partial charge is 0.474 e. The molecule has 0 saturated heterocycles. The van der Waals surface area contributed by atoms with E-state index in [1.807, 2.05) is 0 Å². The average molecular weight is 237 g/mol. The van der Waals surface area contributed by atoms with Crippen LogP contribution in [0.5, 0.6) is 0 Å². The number of hydrogen-bond donors (Lipinski definition) is 3. The summed E-state index contributed by atoms with van der Waals surface area (Å²) in [5.41, 5.74) is 5.76. The Kier molecular flexibility index (Phi) is 6.27. The fourth-order valence-electron chi connectivity index (χ4n) is 1.83. The second kappa shape index (κ2) is 6.63. The lowest BCUT2D eigenvalue weighted by Crippen LogP contribution is -2.38. The molecule has 15 heavy (non-hydrogen) atoms. The molecule has 0 aliphatic heterocycles. The zero-order chi connectivity index (χ0) is 10.6. The molecule has 0 aromatic carbocycles. The number of rotatable bonds is 2. The normalized spacial score (nSPS) is 25.1. The van der Waals surface area contributed by atoms with Crippen LogP contribution in [0.15, 0.2) is 0 Å². The zero-order valence-electron chi connectivity index (χ0n) is 8.44. The van der Waals surface area contributed by atoms with E-state index in [4.69, 9.17) is 10.8 Å². The van der Waals surface area contributed by atoms with Crippen LogP contribution in [0, 0.1) is 5.92 Å². The molecule has 1 aliphatic carbocycles. The molecular weight excluding hydrogens is 220 g/mol. The van der Waals surface area contributed by atoms with Gasteiger partial charge in [-0.1, -0.05) is 6.42 Å². The van der Waals surface area contributed by atoms with Crippen LogP contribution in [0.3, 0.4) is 0 Å². The van der Waals surface area contributed by atoms with Gasteiger partial charge in [-0.2, -0.15) is 0 Å². The van der Waals surface area contributed by atoms with E-state index in [0.29, 0.717) is 12.5 Å². The number of carbonyl (C=O) groups excluding carboxylic acids is 1. The van der Waals surface area contributed by atoms with Crippen molar-refractivity contribution in [2.75, 3.05) is 6.54 Å². The predicted octanol–water partition coefficient (Wildman–Crippen LogP) is 0.126. The summed E-state index contributed by atoms with van der Waals surface area (Å²) in [4.78, 5) is 20.9. The first-order valence-corrected chi connectivity index (χ1v) is 4.86. The third-order valence-electron chi connectivity index (χ3n) is 2.57. The second-order valence-electron chi connectivity index (χ2n) is 3.81. The third-order valence-corrected chi connectivity index (χ3v) is 2.57. The van der Waals surface area contributed by atoms with E-state index in [1.54, 1.807) is 0 Å². The van der Waals surface area contributed by atoms with Gasteiger partial charge >= 0.3 is 11.9 Å². The fourth-order valence-corrected chi connectivity index (χ4v) is 1.83. The Bertz CT molecular complexity index is 235. The van der Waals surface area contributed by atoms with Crippen molar-refractivity contribution in [1.82, 2.24) is 5.32 Å². The maximum absolute atomic E-state index is 10.7. The van der Waals surface area contributed by atoms with Crippen molar-refractivity contribution in [3.63, 3.8) is 0 Å². The number of hydrogen-bond acceptors (Lipinski definition) is 3. The minimum atomic E-state index is -1.43. The Hall–Kier alpha value is -0.810. The molecule has 2 unspecified atom stereocenters. The Balaban J connectivity index is 0.00000196. The molecular formula is C9H17ClN2O3. The average Bonchev–Trinajstić information content (AvgIpc) is 2.14. The molecule has 1 amide bonds. The van der Waals surface area contributed by atoms with Gasteiger partial charge < -0.3 is 16.2 Å². The van der Waals surface area contributed by atoms with Crippen molar-refractivity contribution >= 4 is 24.3 Å². The molecule has 2 atom stereocenters. The number of aliphatic carboxylic acids is 1. The van der Waals surface area contributed by atoms with Gasteiger partial charge in [0.25, 0.3) is 0 Å². The summed E-state index contributed by atoms with van der Waals surface area (Å²) < 4.78 is 0. The summed E-state index contributed by atoms with van der Waals surface area (Å²) >= 11 is 0. The number of amides is 1. The molecule has 88 valence electrons. The Labute approximate surface area is 94.8 Å². The van der Waals surface area contributed by atoms with Gasteiger partial charge in [0, 0.05) is 12.6 Å². The summed E-state index contributed by atoms with van der Waals surface area (Å²) in [5.74, 6) is -2.02. The number of carbonyl (C=O) groups is 2. The highest BCUT2D eigenvalue weighted by atomic mass is 35.5. The van der Waals surface area contributed by atoms with Crippen molar-refractivity contribution in [3.8, 4) is 0 Å². The van der Waals surface area contributed by atoms with E-state index in [1.165, 1.54) is 0 Å². The van der Waals surface area contributed by atoms with Gasteiger partial charge in [-0.05, 0) is 25.2 Å². The van der Waals surface area contributed by atoms with Crippen LogP contribution in [0.2, 0.25) is 0 Å². The lowest BCUT2D eigenvalue weighted by molar-refractivity contribution is -0.150. The molecule has 5 nitrogen and oxygen atoms in total. The van der Waals surface area contributed by atoms with E-state index in [0.717, 1.165) is 25.7 Å². The summed E-state index contributed by atoms with van der Waals surface area (Å²) in [5, 5.41) is 10.7. The predicted molar refractivity (Wildman–Crippen MR) is 57.8 cm³/mol. The van der Waals surface area contributed by atoms with Crippen LogP contribution in [-0.4, -0.2) is 29.6 Å². The molecule has 1 fully saturated rings. The molecule has 4 N–H and O–H groups in total. The molecule has 0 aromatic rings. The Morgan fingerprint density at radius 2 is 2.07 bits per heavy atom. The van der Waals surface area contributed by atoms with Crippen LogP contribution in [0.1, 0.15) is 25.7 Å². The smallest absolute Gasteiger partial charge is 0.394 e. The van der Waals surface area contributed by atoms with Gasteiger partial charge in [-0.25, -0.2) is 4.79 Å². The molecule has 1 saturated carbocycles. The number of nitrogens with one attached hydrogen (secondary N) is 1. The van der Waals surface area contributed by atoms with E-state index >= 15 is 0 Å². The van der Waals surface area contributed by atoms with Crippen LogP contribution < -0.4 is 11.1 Å². The van der Waals surface area contributed by atoms with Crippen LogP contribution in [0.4, 0.5) is 0 Å². The lowest BCUT2D eigenvalue weighted by atomic mass is 9.86. The summed E-state index contributed by atoms with van der Waals surface area (Å²) in [7, 11) is 0. The fraction of sp³-hybridized carbons (Fsp3) is 0.778. The van der Waals surface area contributed by atoms with Gasteiger partial charge in [-0.3, -0.25) is 4.79 Å². The minimum Gasteiger partial charge on any atom is -0.474 e. The van der Waals surface area contributed by atoms with E-state index in [9.17, 15) is 9.59 Å². The summed E-state index contributed by atoms with van der Waals surface area (Å²) in [6, 6.07) is 0.204. The molecule has 0 radical (unpaired) electrons. The summed E-state index contributed by atoms with van der Waals surface area (Å²) in [6.07, 6.45) is 3.99. The van der Waals surface area contributed by atoms with Crippen molar-refractivity contribution in [2.45, 2.75) is 31.7 Å². The highest BCUT2D eigenvalue weighted by molar-refractivity contribution is 6.31. The monoisotopic (exact) mass is 236 g/mol. The third kappa shape index (κ3) is 4.99. The number of carboxylic acid groups (broad SMARTS) is 1. The first-order chi connectivity index (χ1) is 6.59. The Morgan fingerprint density at radius 1 is 1.40 bits per heavy atom. The minimum absolute atomic E-state index is 0. The highest BCUT2D eigenvalue weighted by Gasteiger charge is 2.20. The van der Waals surface area contributed by atoms with Gasteiger partial charge in [0.05, 0.1) is 0 Å². The van der Waals surface area contributed by atoms with Gasteiger partial charge in [-0.15, -0.1) is 12.4 Å². The number of halogens is 1. The SMILES string of the molecule is Cl.NC1CCCC(CNC(=O)C(=O)O)C1. The molecule has 6 heteroatoms. The highest BCUT2D eigenvalue weighted by Crippen LogP contribution is 2.22. The van der Waals surface area contributed by atoms with Gasteiger partial charge in [0.15, 0.2) is 0 Å². The second-order valence-corrected chi connectivity index (χ2v) is 3.81. The molecule has 0 heterocycles. The van der Waals surface area contributed by atoms with Crippen LogP contribution in [-0.2, 0) is 9.59 Å². The molecule has 1 aliphatic rings. The maximum atomic E-state index is 10.7. The summed E-state index contributed by atoms with van der Waals surface area (Å²) in [6.45, 7) is 0.429. The van der Waals surface area contributed by atoms with Crippen LogP contribution in [0.25, 0.3) is 0 Å². The molecule has 1 rings (SSSR count). The zero-order valence-corrected chi connectivity index (χ0v) is 9.26. The molecule has 0 bridgehead atoms. The van der Waals surface area contributed by atoms with Crippen molar-refractivity contribution in [1.29, 1.82) is 0 Å². The first kappa shape index (κ1) is 14.2. The number of carboxylic acids is 1. The first-order valence-electron chi connectivity index (χ1n) is 4.86. The van der Waals surface area contributed by atoms with Gasteiger partial charge in [0.2, 0.25) is 0 Å². The van der Waals surface area contributed by atoms with Crippen molar-refractivity contribution in [3.05, 3.63) is 0 Å². The van der Waals surface area contributed by atoms with E-state index < -0.39 is 11.9 Å². The van der Waals surface area contributed by atoms with Crippen molar-refractivity contribution < 1.29 is 14.7 Å². The standard InChI is InChI=1S/C9H16N2O3.ClH/c10-7-3-1-2-6(4-7)5-11-8(12)9(13)14;/h6-7H,1-5,10H2,(H,11,12)(H,13,14);1H. The topological polar surface area (TPSA) is 92.4 Å². The Morgan fingerprint density at radius 3 is 2.60 bits per heavy atom. The van der Waals surface area contributed by atoms with Gasteiger partial charge in [0.1, 0.15) is 0 Å².